The van der Waals surface area contributed by atoms with Crippen molar-refractivity contribution in [2.45, 2.75) is 10.8 Å². The lowest BCUT2D eigenvalue weighted by Gasteiger charge is -2.19. The highest BCUT2D eigenvalue weighted by Gasteiger charge is 2.36. The zero-order chi connectivity index (χ0) is 23.3. The quantitative estimate of drug-likeness (QED) is 0.239. The van der Waals surface area contributed by atoms with Gasteiger partial charge in [0.05, 0.1) is 24.2 Å². The van der Waals surface area contributed by atoms with Gasteiger partial charge in [-0.1, -0.05) is 41.7 Å². The minimum Gasteiger partial charge on any atom is -0.493 e. The highest BCUT2D eigenvalue weighted by molar-refractivity contribution is 8.45. The van der Waals surface area contributed by atoms with E-state index in [1.165, 1.54) is 46.4 Å². The second-order valence-electron chi connectivity index (χ2n) is 6.92. The van der Waals surface area contributed by atoms with E-state index in [-0.39, 0.29) is 11.4 Å². The number of fused-ring (bicyclic) bond motifs is 1. The van der Waals surface area contributed by atoms with Crippen LogP contribution in [0.3, 0.4) is 0 Å². The van der Waals surface area contributed by atoms with Crippen molar-refractivity contribution < 1.29 is 18.4 Å². The van der Waals surface area contributed by atoms with E-state index >= 15 is 0 Å². The first-order chi connectivity index (χ1) is 16.7. The molecule has 3 aromatic rings. The van der Waals surface area contributed by atoms with Crippen molar-refractivity contribution >= 4 is 62.6 Å². The van der Waals surface area contributed by atoms with Gasteiger partial charge in [0, 0.05) is 5.75 Å². The van der Waals surface area contributed by atoms with E-state index in [0.29, 0.717) is 38.5 Å². The van der Waals surface area contributed by atoms with Crippen molar-refractivity contribution in [3.05, 3.63) is 78.0 Å². The van der Waals surface area contributed by atoms with Crippen LogP contribution in [0.2, 0.25) is 0 Å². The molecule has 4 heterocycles. The first-order valence-corrected chi connectivity index (χ1v) is 13.0. The van der Waals surface area contributed by atoms with Gasteiger partial charge in [0.25, 0.3) is 5.91 Å². The highest BCUT2D eigenvalue weighted by atomic mass is 32.2. The predicted octanol–water partition coefficient (Wildman–Crippen LogP) is 5.55. The van der Waals surface area contributed by atoms with Crippen LogP contribution in [0, 0.1) is 5.41 Å². The second kappa shape index (κ2) is 10.4. The second-order valence-corrected chi connectivity index (χ2v) is 10.2. The van der Waals surface area contributed by atoms with Gasteiger partial charge in [-0.15, -0.1) is 5.10 Å². The van der Waals surface area contributed by atoms with Crippen molar-refractivity contribution in [1.29, 1.82) is 5.41 Å². The normalized spacial score (nSPS) is 16.6. The first-order valence-electron chi connectivity index (χ1n) is 10.2. The van der Waals surface area contributed by atoms with E-state index in [1.54, 1.807) is 12.3 Å². The molecule has 0 aliphatic carbocycles. The molecule has 0 bridgehead atoms. The Kier molecular flexibility index (Phi) is 6.93. The standard InChI is InChI=1S/C23H18N4O4S3/c24-20-18(13-16-8-9-19(31-16)33-14-17-7-4-10-29-17)21(28)25-22-27(20)26-23(34-22)32-12-11-30-15-5-2-1-3-6-15/h1-10,13,24H,11-12,14H2/b18-13-,24-20?. The van der Waals surface area contributed by atoms with Gasteiger partial charge < -0.3 is 13.6 Å². The van der Waals surface area contributed by atoms with E-state index in [1.807, 2.05) is 48.5 Å². The number of para-hydroxylation sites is 1. The van der Waals surface area contributed by atoms with Crippen LogP contribution in [0.25, 0.3) is 6.08 Å². The number of nitrogens with zero attached hydrogens (tertiary/aromatic N) is 3. The SMILES string of the molecule is N=C1/C(=C/c2ccc(SCc3ccco3)o2)C(=O)N=C2SC(SCCOc3ccccc3)=NN12. The molecule has 0 radical (unpaired) electrons. The maximum Gasteiger partial charge on any atom is 0.283 e. The summed E-state index contributed by atoms with van der Waals surface area (Å²) in [6.07, 6.45) is 3.16. The van der Waals surface area contributed by atoms with E-state index in [2.05, 4.69) is 10.1 Å². The summed E-state index contributed by atoms with van der Waals surface area (Å²) in [5.74, 6) is 2.92. The van der Waals surface area contributed by atoms with Crippen LogP contribution < -0.4 is 4.74 Å². The Morgan fingerprint density at radius 1 is 1.12 bits per heavy atom. The number of nitrogens with one attached hydrogen (secondary N) is 1. The molecule has 0 fully saturated rings. The molecule has 1 N–H and O–H groups in total. The van der Waals surface area contributed by atoms with Crippen molar-refractivity contribution in [3.63, 3.8) is 0 Å². The maximum atomic E-state index is 12.6. The van der Waals surface area contributed by atoms with Crippen molar-refractivity contribution in [1.82, 2.24) is 5.01 Å². The molecule has 8 nitrogen and oxygen atoms in total. The fourth-order valence-corrected chi connectivity index (χ4v) is 5.59. The number of thioether (sulfide) groups is 3. The smallest absolute Gasteiger partial charge is 0.283 e. The van der Waals surface area contributed by atoms with E-state index in [0.717, 1.165) is 11.5 Å². The predicted molar refractivity (Wildman–Crippen MR) is 136 cm³/mol. The van der Waals surface area contributed by atoms with E-state index in [4.69, 9.17) is 19.0 Å². The van der Waals surface area contributed by atoms with Crippen molar-refractivity contribution in [2.24, 2.45) is 10.1 Å². The number of aliphatic imine (C=N–C) groups is 1. The average Bonchev–Trinajstić information content (AvgIpc) is 3.60. The lowest BCUT2D eigenvalue weighted by molar-refractivity contribution is -0.114. The van der Waals surface area contributed by atoms with E-state index < -0.39 is 5.91 Å². The Balaban J connectivity index is 1.19. The van der Waals surface area contributed by atoms with Crippen molar-refractivity contribution in [3.8, 4) is 5.75 Å². The summed E-state index contributed by atoms with van der Waals surface area (Å²) in [6.45, 7) is 0.515. The molecule has 2 aromatic heterocycles. The Bertz CT molecular complexity index is 1280. The average molecular weight is 511 g/mol. The Labute approximate surface area is 208 Å². The lowest BCUT2D eigenvalue weighted by atomic mass is 10.1. The lowest BCUT2D eigenvalue weighted by Crippen LogP contribution is -2.35. The number of hydrogen-bond acceptors (Lipinski definition) is 9. The Hall–Kier alpha value is -3.15. The Morgan fingerprint density at radius 3 is 2.82 bits per heavy atom. The fourth-order valence-electron chi connectivity index (χ4n) is 3.01. The number of ether oxygens (including phenoxy) is 1. The number of amidine groups is 2. The molecule has 1 amide bonds. The number of hydrazone groups is 1. The molecular formula is C23H18N4O4S3. The fraction of sp³-hybridized carbons (Fsp3) is 0.130. The number of carbonyl (C=O) groups is 1. The molecule has 2 aliphatic heterocycles. The number of rotatable bonds is 8. The van der Waals surface area contributed by atoms with Crippen LogP contribution in [0.15, 0.2) is 90.5 Å². The molecule has 0 unspecified atom stereocenters. The third-order valence-electron chi connectivity index (χ3n) is 4.58. The van der Waals surface area contributed by atoms with Crippen LogP contribution in [-0.2, 0) is 10.5 Å². The Morgan fingerprint density at radius 2 is 2.00 bits per heavy atom. The largest absolute Gasteiger partial charge is 0.493 e. The monoisotopic (exact) mass is 510 g/mol. The molecule has 0 saturated carbocycles. The van der Waals surface area contributed by atoms with Gasteiger partial charge in [-0.2, -0.15) is 10.0 Å². The van der Waals surface area contributed by atoms with Gasteiger partial charge >= 0.3 is 0 Å². The van der Waals surface area contributed by atoms with E-state index in [9.17, 15) is 4.79 Å². The van der Waals surface area contributed by atoms with Crippen LogP contribution in [0.4, 0.5) is 0 Å². The highest BCUT2D eigenvalue weighted by Crippen LogP contribution is 2.33. The number of hydrogen-bond donors (Lipinski definition) is 1. The molecule has 1 aromatic carbocycles. The molecule has 5 rings (SSSR count). The summed E-state index contributed by atoms with van der Waals surface area (Å²) in [6, 6.07) is 16.9. The zero-order valence-corrected chi connectivity index (χ0v) is 20.1. The topological polar surface area (TPSA) is 104 Å². The maximum absolute atomic E-state index is 12.6. The third-order valence-corrected chi connectivity index (χ3v) is 7.52. The third kappa shape index (κ3) is 5.32. The molecule has 11 heteroatoms. The van der Waals surface area contributed by atoms with Gasteiger partial charge in [0.2, 0.25) is 5.17 Å². The summed E-state index contributed by atoms with van der Waals surface area (Å²) in [7, 11) is 0. The first kappa shape index (κ1) is 22.6. The van der Waals surface area contributed by atoms with Crippen molar-refractivity contribution in [2.75, 3.05) is 12.4 Å². The van der Waals surface area contributed by atoms with Crippen LogP contribution in [-0.4, -0.2) is 38.7 Å². The molecule has 34 heavy (non-hydrogen) atoms. The minimum atomic E-state index is -0.487. The molecule has 0 atom stereocenters. The number of benzene rings is 1. The zero-order valence-electron chi connectivity index (χ0n) is 17.7. The van der Waals surface area contributed by atoms with Gasteiger partial charge in [-0.3, -0.25) is 10.2 Å². The summed E-state index contributed by atoms with van der Waals surface area (Å²) >= 11 is 4.25. The molecule has 0 spiro atoms. The molecule has 172 valence electrons. The van der Waals surface area contributed by atoms with Gasteiger partial charge in [0.1, 0.15) is 17.3 Å². The summed E-state index contributed by atoms with van der Waals surface area (Å²) in [5.41, 5.74) is 0.128. The summed E-state index contributed by atoms with van der Waals surface area (Å²) < 4.78 is 17.5. The van der Waals surface area contributed by atoms with Gasteiger partial charge in [0.15, 0.2) is 15.3 Å². The van der Waals surface area contributed by atoms with Crippen LogP contribution in [0.1, 0.15) is 11.5 Å². The summed E-state index contributed by atoms with van der Waals surface area (Å²) in [4.78, 5) is 16.7. The molecule has 0 saturated heterocycles. The van der Waals surface area contributed by atoms with Gasteiger partial charge in [-0.05, 0) is 54.2 Å². The van der Waals surface area contributed by atoms with Crippen LogP contribution >= 0.6 is 35.3 Å². The number of amides is 1. The molecular weight excluding hydrogens is 492 g/mol. The van der Waals surface area contributed by atoms with Crippen LogP contribution in [0.5, 0.6) is 5.75 Å². The molecule has 2 aliphatic rings. The number of furan rings is 2. The minimum absolute atomic E-state index is 0.0279. The number of carbonyl (C=O) groups excluding carboxylic acids is 1. The summed E-state index contributed by atoms with van der Waals surface area (Å²) in [5, 5.41) is 15.4. The van der Waals surface area contributed by atoms with Gasteiger partial charge in [-0.25, -0.2) is 0 Å².